The average molecular weight is 277 g/mol. The van der Waals surface area contributed by atoms with E-state index in [0.29, 0.717) is 17.1 Å². The Labute approximate surface area is 115 Å². The number of halogens is 2. The molecule has 0 saturated heterocycles. The molecule has 0 aliphatic rings. The van der Waals surface area contributed by atoms with Gasteiger partial charge in [0.15, 0.2) is 0 Å². The van der Waals surface area contributed by atoms with Crippen LogP contribution in [0.25, 0.3) is 0 Å². The fourth-order valence-electron chi connectivity index (χ4n) is 1.59. The van der Waals surface area contributed by atoms with Crippen molar-refractivity contribution in [1.82, 2.24) is 4.98 Å². The number of benzene rings is 1. The summed E-state index contributed by atoms with van der Waals surface area (Å²) in [6.45, 7) is -1.17. The number of pyridine rings is 1. The lowest BCUT2D eigenvalue weighted by molar-refractivity contribution is -0.0499. The summed E-state index contributed by atoms with van der Waals surface area (Å²) in [6.07, 6.45) is 1.63. The first-order valence-electron chi connectivity index (χ1n) is 5.92. The van der Waals surface area contributed by atoms with Crippen LogP contribution in [-0.2, 0) is 0 Å². The minimum atomic E-state index is -2.87. The summed E-state index contributed by atoms with van der Waals surface area (Å²) in [6, 6.07) is 11.8. The third-order valence-corrected chi connectivity index (χ3v) is 2.50. The quantitative estimate of drug-likeness (QED) is 0.672. The van der Waals surface area contributed by atoms with Crippen LogP contribution in [0.3, 0.4) is 0 Å². The van der Waals surface area contributed by atoms with Gasteiger partial charge < -0.3 is 4.74 Å². The van der Waals surface area contributed by atoms with Gasteiger partial charge in [-0.1, -0.05) is 18.2 Å². The highest BCUT2D eigenvalue weighted by Gasteiger charge is 2.10. The Balaban J connectivity index is 2.18. The first-order chi connectivity index (χ1) is 9.66. The lowest BCUT2D eigenvalue weighted by Crippen LogP contribution is -2.08. The molecule has 1 aromatic carbocycles. The Morgan fingerprint density at radius 3 is 2.65 bits per heavy atom. The molecule has 0 atom stereocenters. The summed E-state index contributed by atoms with van der Waals surface area (Å²) in [5.74, 6) is 0.658. The van der Waals surface area contributed by atoms with Crippen molar-refractivity contribution in [3.05, 3.63) is 54.2 Å². The molecule has 0 saturated carbocycles. The van der Waals surface area contributed by atoms with Crippen molar-refractivity contribution in [1.29, 1.82) is 0 Å². The summed E-state index contributed by atoms with van der Waals surface area (Å²) in [7, 11) is 0. The van der Waals surface area contributed by atoms with Gasteiger partial charge in [-0.2, -0.15) is 13.9 Å². The number of para-hydroxylation sites is 1. The SMILES string of the molecule is C/C(=N/Nc1ccccn1)c1ccccc1OC(F)F. The number of aromatic nitrogens is 1. The molecule has 0 amide bonds. The molecule has 2 aromatic rings. The van der Waals surface area contributed by atoms with Crippen LogP contribution in [0.5, 0.6) is 5.75 Å². The molecule has 6 heteroatoms. The average Bonchev–Trinajstić information content (AvgIpc) is 2.46. The van der Waals surface area contributed by atoms with Crippen LogP contribution in [0.2, 0.25) is 0 Å². The highest BCUT2D eigenvalue weighted by atomic mass is 19.3. The number of anilines is 1. The second-order valence-electron chi connectivity index (χ2n) is 3.90. The van der Waals surface area contributed by atoms with Gasteiger partial charge >= 0.3 is 6.61 Å². The van der Waals surface area contributed by atoms with Gasteiger partial charge in [-0.25, -0.2) is 4.98 Å². The van der Waals surface area contributed by atoms with E-state index >= 15 is 0 Å². The summed E-state index contributed by atoms with van der Waals surface area (Å²) in [5.41, 5.74) is 3.77. The van der Waals surface area contributed by atoms with E-state index in [1.807, 2.05) is 6.07 Å². The Morgan fingerprint density at radius 2 is 1.95 bits per heavy atom. The zero-order chi connectivity index (χ0) is 14.4. The van der Waals surface area contributed by atoms with E-state index < -0.39 is 6.61 Å². The molecular weight excluding hydrogens is 264 g/mol. The van der Waals surface area contributed by atoms with Gasteiger partial charge in [0.25, 0.3) is 0 Å². The van der Waals surface area contributed by atoms with E-state index in [4.69, 9.17) is 0 Å². The van der Waals surface area contributed by atoms with Crippen molar-refractivity contribution in [3.63, 3.8) is 0 Å². The maximum absolute atomic E-state index is 12.3. The maximum Gasteiger partial charge on any atom is 0.387 e. The molecule has 1 aromatic heterocycles. The van der Waals surface area contributed by atoms with Crippen molar-refractivity contribution in [2.45, 2.75) is 13.5 Å². The molecule has 0 bridgehead atoms. The molecule has 0 fully saturated rings. The van der Waals surface area contributed by atoms with Crippen molar-refractivity contribution in [2.75, 3.05) is 5.43 Å². The van der Waals surface area contributed by atoms with Crippen molar-refractivity contribution < 1.29 is 13.5 Å². The molecule has 104 valence electrons. The van der Waals surface area contributed by atoms with Gasteiger partial charge in [-0.15, -0.1) is 0 Å². The van der Waals surface area contributed by atoms with E-state index in [2.05, 4.69) is 20.2 Å². The number of alkyl halides is 2. The van der Waals surface area contributed by atoms with Crippen LogP contribution in [-0.4, -0.2) is 17.3 Å². The number of nitrogens with one attached hydrogen (secondary N) is 1. The first-order valence-corrected chi connectivity index (χ1v) is 5.92. The highest BCUT2D eigenvalue weighted by molar-refractivity contribution is 6.01. The Hall–Kier alpha value is -2.50. The molecule has 1 N–H and O–H groups in total. The van der Waals surface area contributed by atoms with Gasteiger partial charge in [0.2, 0.25) is 0 Å². The van der Waals surface area contributed by atoms with E-state index in [1.54, 1.807) is 43.5 Å². The maximum atomic E-state index is 12.3. The van der Waals surface area contributed by atoms with E-state index in [1.165, 1.54) is 6.07 Å². The molecule has 0 aliphatic carbocycles. The molecule has 0 spiro atoms. The Morgan fingerprint density at radius 1 is 1.20 bits per heavy atom. The molecule has 0 aliphatic heterocycles. The fourth-order valence-corrected chi connectivity index (χ4v) is 1.59. The van der Waals surface area contributed by atoms with Gasteiger partial charge in [-0.3, -0.25) is 5.43 Å². The monoisotopic (exact) mass is 277 g/mol. The van der Waals surface area contributed by atoms with Crippen LogP contribution in [0.15, 0.2) is 53.8 Å². The molecular formula is C14H13F2N3O. The summed E-state index contributed by atoms with van der Waals surface area (Å²) in [4.78, 5) is 4.05. The fraction of sp³-hybridized carbons (Fsp3) is 0.143. The number of rotatable bonds is 5. The number of ether oxygens (including phenoxy) is 1. The van der Waals surface area contributed by atoms with Crippen molar-refractivity contribution >= 4 is 11.5 Å². The lowest BCUT2D eigenvalue weighted by Gasteiger charge is -2.10. The predicted octanol–water partition coefficient (Wildman–Crippen LogP) is 3.52. The lowest BCUT2D eigenvalue weighted by atomic mass is 10.1. The van der Waals surface area contributed by atoms with Gasteiger partial charge in [0.1, 0.15) is 11.6 Å². The Bertz CT molecular complexity index is 588. The number of hydrazone groups is 1. The van der Waals surface area contributed by atoms with Crippen molar-refractivity contribution in [3.8, 4) is 5.75 Å². The largest absolute Gasteiger partial charge is 0.434 e. The second-order valence-corrected chi connectivity index (χ2v) is 3.90. The number of nitrogens with zero attached hydrogens (tertiary/aromatic N) is 2. The van der Waals surface area contributed by atoms with Crippen LogP contribution in [0.4, 0.5) is 14.6 Å². The van der Waals surface area contributed by atoms with E-state index in [9.17, 15) is 8.78 Å². The summed E-state index contributed by atoms with van der Waals surface area (Å²) in [5, 5.41) is 4.11. The Kier molecular flexibility index (Phi) is 4.60. The van der Waals surface area contributed by atoms with Crippen molar-refractivity contribution in [2.24, 2.45) is 5.10 Å². The minimum absolute atomic E-state index is 0.0894. The van der Waals surface area contributed by atoms with E-state index in [0.717, 1.165) is 0 Å². The highest BCUT2D eigenvalue weighted by Crippen LogP contribution is 2.21. The van der Waals surface area contributed by atoms with Crippen LogP contribution in [0.1, 0.15) is 12.5 Å². The zero-order valence-corrected chi connectivity index (χ0v) is 10.8. The molecule has 4 nitrogen and oxygen atoms in total. The molecule has 0 radical (unpaired) electrons. The standard InChI is InChI=1S/C14H13F2N3O/c1-10(18-19-13-8-4-5-9-17-13)11-6-2-3-7-12(11)20-14(15)16/h2-9,14H,1H3,(H,17,19)/b18-10-. The summed E-state index contributed by atoms with van der Waals surface area (Å²) >= 11 is 0. The van der Waals surface area contributed by atoms with Crippen LogP contribution < -0.4 is 10.2 Å². The van der Waals surface area contributed by atoms with Gasteiger partial charge in [0.05, 0.1) is 5.71 Å². The van der Waals surface area contributed by atoms with Gasteiger partial charge in [-0.05, 0) is 31.2 Å². The molecule has 1 heterocycles. The van der Waals surface area contributed by atoms with Crippen LogP contribution in [0, 0.1) is 0 Å². The number of hydrogen-bond acceptors (Lipinski definition) is 4. The summed E-state index contributed by atoms with van der Waals surface area (Å²) < 4.78 is 29.1. The smallest absolute Gasteiger partial charge is 0.387 e. The predicted molar refractivity (Wildman–Crippen MR) is 73.1 cm³/mol. The normalized spacial score (nSPS) is 11.5. The van der Waals surface area contributed by atoms with Gasteiger partial charge in [0, 0.05) is 11.8 Å². The van der Waals surface area contributed by atoms with E-state index in [-0.39, 0.29) is 5.75 Å². The first kappa shape index (κ1) is 13.9. The molecule has 20 heavy (non-hydrogen) atoms. The number of hydrogen-bond donors (Lipinski definition) is 1. The third-order valence-electron chi connectivity index (χ3n) is 2.50. The molecule has 2 rings (SSSR count). The minimum Gasteiger partial charge on any atom is -0.434 e. The topological polar surface area (TPSA) is 46.5 Å². The zero-order valence-electron chi connectivity index (χ0n) is 10.8. The molecule has 0 unspecified atom stereocenters. The van der Waals surface area contributed by atoms with Crippen LogP contribution >= 0.6 is 0 Å². The third kappa shape index (κ3) is 3.74. The second kappa shape index (κ2) is 6.60.